The van der Waals surface area contributed by atoms with Gasteiger partial charge >= 0.3 is 0 Å². The summed E-state index contributed by atoms with van der Waals surface area (Å²) in [4.78, 5) is 27.2. The second kappa shape index (κ2) is 8.09. The van der Waals surface area contributed by atoms with Crippen LogP contribution in [0.25, 0.3) is 0 Å². The maximum Gasteiger partial charge on any atom is 0.254 e. The summed E-state index contributed by atoms with van der Waals surface area (Å²) in [5.41, 5.74) is 1.23. The zero-order valence-corrected chi connectivity index (χ0v) is 16.1. The first-order chi connectivity index (χ1) is 13.3. The lowest BCUT2D eigenvalue weighted by Crippen LogP contribution is -2.48. The van der Waals surface area contributed by atoms with Gasteiger partial charge in [-0.05, 0) is 37.5 Å². The van der Waals surface area contributed by atoms with Crippen molar-refractivity contribution in [2.75, 3.05) is 13.1 Å². The third kappa shape index (κ3) is 4.21. The third-order valence-corrected chi connectivity index (χ3v) is 5.53. The Morgan fingerprint density at radius 2 is 1.79 bits per heavy atom. The lowest BCUT2D eigenvalue weighted by molar-refractivity contribution is -0.132. The van der Waals surface area contributed by atoms with Gasteiger partial charge in [-0.15, -0.1) is 0 Å². The first-order valence-corrected chi connectivity index (χ1v) is 9.37. The van der Waals surface area contributed by atoms with Crippen LogP contribution >= 0.6 is 0 Å². The zero-order valence-electron chi connectivity index (χ0n) is 16.1. The molecule has 0 aromatic heterocycles. The Morgan fingerprint density at radius 3 is 2.43 bits per heavy atom. The highest BCUT2D eigenvalue weighted by molar-refractivity contribution is 5.95. The summed E-state index contributed by atoms with van der Waals surface area (Å²) in [7, 11) is 0. The molecular weight excluding hydrogens is 362 g/mol. The van der Waals surface area contributed by atoms with E-state index in [9.17, 15) is 18.4 Å². The van der Waals surface area contributed by atoms with E-state index in [2.05, 4.69) is 5.32 Å². The molecule has 0 aliphatic carbocycles. The molecule has 1 aliphatic heterocycles. The smallest absolute Gasteiger partial charge is 0.254 e. The van der Waals surface area contributed by atoms with E-state index in [4.69, 9.17) is 0 Å². The molecule has 2 aromatic rings. The average molecular weight is 386 g/mol. The molecule has 1 fully saturated rings. The Balaban J connectivity index is 1.58. The number of nitrogens with zero attached hydrogens (tertiary/aromatic N) is 1. The molecule has 0 atom stereocenters. The molecule has 3 rings (SSSR count). The van der Waals surface area contributed by atoms with Gasteiger partial charge in [-0.25, -0.2) is 8.78 Å². The molecule has 1 N–H and O–H groups in total. The van der Waals surface area contributed by atoms with Gasteiger partial charge in [-0.1, -0.05) is 31.2 Å². The molecule has 1 saturated heterocycles. The topological polar surface area (TPSA) is 49.4 Å². The van der Waals surface area contributed by atoms with E-state index >= 15 is 0 Å². The number of piperidine rings is 1. The highest BCUT2D eigenvalue weighted by atomic mass is 19.1. The maximum absolute atomic E-state index is 13.7. The Morgan fingerprint density at radius 1 is 1.11 bits per heavy atom. The van der Waals surface area contributed by atoms with Crippen molar-refractivity contribution in [3.63, 3.8) is 0 Å². The van der Waals surface area contributed by atoms with E-state index < -0.39 is 17.0 Å². The molecule has 1 aliphatic rings. The predicted molar refractivity (Wildman–Crippen MR) is 103 cm³/mol. The van der Waals surface area contributed by atoms with Crippen molar-refractivity contribution in [3.05, 3.63) is 70.8 Å². The summed E-state index contributed by atoms with van der Waals surface area (Å²) in [6.45, 7) is 4.75. The van der Waals surface area contributed by atoms with Crippen LogP contribution in [0.5, 0.6) is 0 Å². The van der Waals surface area contributed by atoms with Crippen molar-refractivity contribution in [3.8, 4) is 0 Å². The zero-order chi connectivity index (χ0) is 20.3. The van der Waals surface area contributed by atoms with Crippen LogP contribution in [0.1, 0.15) is 41.3 Å². The number of nitrogens with one attached hydrogen (secondary N) is 1. The number of hydrogen-bond acceptors (Lipinski definition) is 2. The molecule has 0 unspecified atom stereocenters. The summed E-state index contributed by atoms with van der Waals surface area (Å²) in [5.74, 6) is -1.53. The quantitative estimate of drug-likeness (QED) is 0.868. The van der Waals surface area contributed by atoms with Gasteiger partial charge in [0, 0.05) is 42.2 Å². The molecular formula is C22H24F2N2O2. The van der Waals surface area contributed by atoms with Gasteiger partial charge in [-0.3, -0.25) is 9.59 Å². The molecule has 28 heavy (non-hydrogen) atoms. The van der Waals surface area contributed by atoms with Crippen LogP contribution in [-0.4, -0.2) is 29.8 Å². The molecule has 0 spiro atoms. The van der Waals surface area contributed by atoms with Gasteiger partial charge in [0.05, 0.1) is 0 Å². The van der Waals surface area contributed by atoms with Crippen LogP contribution in [0.15, 0.2) is 42.5 Å². The standard InChI is InChI=1S/C22H24F2N2O2/c1-15-5-3-4-6-18(15)20(27)26-11-9-22(2,10-12-26)21(28)25-14-16-7-8-17(23)13-19(16)24/h3-8,13H,9-12,14H2,1-2H3,(H,25,28). The first-order valence-electron chi connectivity index (χ1n) is 9.37. The molecule has 0 radical (unpaired) electrons. The summed E-state index contributed by atoms with van der Waals surface area (Å²) < 4.78 is 26.7. The number of amides is 2. The Hall–Kier alpha value is -2.76. The predicted octanol–water partition coefficient (Wildman–Crippen LogP) is 3.83. The number of aryl methyl sites for hydroxylation is 1. The second-order valence-electron chi connectivity index (χ2n) is 7.59. The Kier molecular flexibility index (Phi) is 5.77. The minimum Gasteiger partial charge on any atom is -0.351 e. The lowest BCUT2D eigenvalue weighted by atomic mass is 9.79. The Bertz CT molecular complexity index is 890. The van der Waals surface area contributed by atoms with Crippen molar-refractivity contribution in [2.45, 2.75) is 33.2 Å². The molecule has 0 bridgehead atoms. The van der Waals surface area contributed by atoms with Crippen LogP contribution < -0.4 is 5.32 Å². The van der Waals surface area contributed by atoms with Crippen molar-refractivity contribution in [2.24, 2.45) is 5.41 Å². The summed E-state index contributed by atoms with van der Waals surface area (Å²) >= 11 is 0. The van der Waals surface area contributed by atoms with Gasteiger partial charge in [0.1, 0.15) is 11.6 Å². The van der Waals surface area contributed by atoms with Gasteiger partial charge in [0.15, 0.2) is 0 Å². The first kappa shape index (κ1) is 20.0. The van der Waals surface area contributed by atoms with E-state index in [0.29, 0.717) is 31.5 Å². The summed E-state index contributed by atoms with van der Waals surface area (Å²) in [6.07, 6.45) is 1.06. The van der Waals surface area contributed by atoms with Crippen molar-refractivity contribution in [1.82, 2.24) is 10.2 Å². The monoisotopic (exact) mass is 386 g/mol. The van der Waals surface area contributed by atoms with E-state index in [1.807, 2.05) is 38.1 Å². The molecule has 0 saturated carbocycles. The second-order valence-corrected chi connectivity index (χ2v) is 7.59. The highest BCUT2D eigenvalue weighted by Gasteiger charge is 2.38. The fraction of sp³-hybridized carbons (Fsp3) is 0.364. The number of hydrogen-bond donors (Lipinski definition) is 1. The number of rotatable bonds is 4. The molecule has 148 valence electrons. The number of likely N-dealkylation sites (tertiary alicyclic amines) is 1. The van der Waals surface area contributed by atoms with E-state index in [1.54, 1.807) is 4.90 Å². The molecule has 1 heterocycles. The van der Waals surface area contributed by atoms with Crippen LogP contribution in [0.2, 0.25) is 0 Å². The van der Waals surface area contributed by atoms with E-state index in [0.717, 1.165) is 11.6 Å². The highest BCUT2D eigenvalue weighted by Crippen LogP contribution is 2.32. The van der Waals surface area contributed by atoms with Crippen LogP contribution in [0.4, 0.5) is 8.78 Å². The average Bonchev–Trinajstić information content (AvgIpc) is 2.67. The van der Waals surface area contributed by atoms with Crippen molar-refractivity contribution < 1.29 is 18.4 Å². The Labute approximate surface area is 163 Å². The lowest BCUT2D eigenvalue weighted by Gasteiger charge is -2.38. The van der Waals surface area contributed by atoms with Gasteiger partial charge in [0.25, 0.3) is 5.91 Å². The number of carbonyl (C=O) groups is 2. The van der Waals surface area contributed by atoms with Gasteiger partial charge < -0.3 is 10.2 Å². The molecule has 2 amide bonds. The minimum absolute atomic E-state index is 0.00634. The number of carbonyl (C=O) groups excluding carboxylic acids is 2. The minimum atomic E-state index is -0.677. The molecule has 4 nitrogen and oxygen atoms in total. The van der Waals surface area contributed by atoms with Crippen LogP contribution in [-0.2, 0) is 11.3 Å². The van der Waals surface area contributed by atoms with E-state index in [-0.39, 0.29) is 23.9 Å². The summed E-state index contributed by atoms with van der Waals surface area (Å²) in [6, 6.07) is 10.8. The van der Waals surface area contributed by atoms with Crippen LogP contribution in [0, 0.1) is 24.0 Å². The van der Waals surface area contributed by atoms with Gasteiger partial charge in [0.2, 0.25) is 5.91 Å². The van der Waals surface area contributed by atoms with Crippen molar-refractivity contribution >= 4 is 11.8 Å². The van der Waals surface area contributed by atoms with Gasteiger partial charge in [-0.2, -0.15) is 0 Å². The number of halogens is 2. The molecule has 2 aromatic carbocycles. The largest absolute Gasteiger partial charge is 0.351 e. The normalized spacial score (nSPS) is 15.9. The number of benzene rings is 2. The fourth-order valence-corrected chi connectivity index (χ4v) is 3.47. The summed E-state index contributed by atoms with van der Waals surface area (Å²) in [5, 5.41) is 2.75. The fourth-order valence-electron chi connectivity index (χ4n) is 3.47. The van der Waals surface area contributed by atoms with Crippen molar-refractivity contribution in [1.29, 1.82) is 0 Å². The van der Waals surface area contributed by atoms with E-state index in [1.165, 1.54) is 12.1 Å². The maximum atomic E-state index is 13.7. The third-order valence-electron chi connectivity index (χ3n) is 5.53. The SMILES string of the molecule is Cc1ccccc1C(=O)N1CCC(C)(C(=O)NCc2ccc(F)cc2F)CC1. The van der Waals surface area contributed by atoms with Crippen LogP contribution in [0.3, 0.4) is 0 Å². The molecule has 6 heteroatoms.